The number of nitrogens with one attached hydrogen (secondary N) is 2. The summed E-state index contributed by atoms with van der Waals surface area (Å²) in [5, 5.41) is 9.72. The third kappa shape index (κ3) is 5.85. The normalized spacial score (nSPS) is 16.5. The maximum atomic E-state index is 13.7. The minimum atomic E-state index is -2.75. The molecule has 1 unspecified atom stereocenters. The molecule has 0 spiro atoms. The Morgan fingerprint density at radius 1 is 1.14 bits per heavy atom. The Labute approximate surface area is 206 Å². The first-order chi connectivity index (χ1) is 16.6. The number of rotatable bonds is 6. The van der Waals surface area contributed by atoms with Crippen LogP contribution >= 0.6 is 11.6 Å². The number of pyridine rings is 1. The molecule has 0 aliphatic heterocycles. The van der Waals surface area contributed by atoms with Crippen molar-refractivity contribution in [1.82, 2.24) is 15.5 Å². The molecule has 0 bridgehead atoms. The Morgan fingerprint density at radius 3 is 2.46 bits per heavy atom. The SMILES string of the molecule is Cc1nocc1C(=O)NC(C(=O)Nc1ccc(-c2cc(Cl)cnc2C)cc1)C1CCC(F)(F)CC1. The molecule has 0 saturated heterocycles. The van der Waals surface area contributed by atoms with Crippen LogP contribution in [0.15, 0.2) is 47.3 Å². The Hall–Kier alpha value is -3.33. The van der Waals surface area contributed by atoms with E-state index in [4.69, 9.17) is 16.1 Å². The molecule has 35 heavy (non-hydrogen) atoms. The Morgan fingerprint density at radius 2 is 1.83 bits per heavy atom. The molecule has 1 saturated carbocycles. The molecular formula is C25H25ClF2N4O3. The summed E-state index contributed by atoms with van der Waals surface area (Å²) in [7, 11) is 0. The van der Waals surface area contributed by atoms with Crippen LogP contribution in [0.1, 0.15) is 47.4 Å². The maximum Gasteiger partial charge on any atom is 0.257 e. The number of hydrogen-bond donors (Lipinski definition) is 2. The van der Waals surface area contributed by atoms with E-state index >= 15 is 0 Å². The van der Waals surface area contributed by atoms with Gasteiger partial charge in [-0.2, -0.15) is 0 Å². The highest BCUT2D eigenvalue weighted by atomic mass is 35.5. The Bertz CT molecular complexity index is 1220. The first kappa shape index (κ1) is 24.8. The van der Waals surface area contributed by atoms with E-state index in [1.165, 1.54) is 6.26 Å². The monoisotopic (exact) mass is 502 g/mol. The summed E-state index contributed by atoms with van der Waals surface area (Å²) in [4.78, 5) is 30.3. The first-order valence-corrected chi connectivity index (χ1v) is 11.6. The third-order valence-electron chi connectivity index (χ3n) is 6.31. The molecule has 2 aromatic heterocycles. The second-order valence-electron chi connectivity index (χ2n) is 8.81. The number of nitrogens with zero attached hydrogens (tertiary/aromatic N) is 2. The van der Waals surface area contributed by atoms with Crippen molar-refractivity contribution in [3.05, 3.63) is 64.8 Å². The zero-order valence-corrected chi connectivity index (χ0v) is 20.0. The molecule has 10 heteroatoms. The summed E-state index contributed by atoms with van der Waals surface area (Å²) in [5.41, 5.74) is 3.63. The van der Waals surface area contributed by atoms with Crippen molar-refractivity contribution in [3.63, 3.8) is 0 Å². The summed E-state index contributed by atoms with van der Waals surface area (Å²) < 4.78 is 32.3. The quantitative estimate of drug-likeness (QED) is 0.459. The van der Waals surface area contributed by atoms with E-state index in [2.05, 4.69) is 20.8 Å². The third-order valence-corrected chi connectivity index (χ3v) is 6.52. The fourth-order valence-electron chi connectivity index (χ4n) is 4.28. The summed E-state index contributed by atoms with van der Waals surface area (Å²) in [6.07, 6.45) is 2.35. The van der Waals surface area contributed by atoms with Gasteiger partial charge in [0.1, 0.15) is 17.9 Å². The first-order valence-electron chi connectivity index (χ1n) is 11.3. The van der Waals surface area contributed by atoms with E-state index < -0.39 is 29.7 Å². The van der Waals surface area contributed by atoms with Crippen LogP contribution in [-0.2, 0) is 4.79 Å². The molecule has 3 aromatic rings. The fraction of sp³-hybridized carbons (Fsp3) is 0.360. The highest BCUT2D eigenvalue weighted by molar-refractivity contribution is 6.30. The predicted octanol–water partition coefficient (Wildman–Crippen LogP) is 5.57. The van der Waals surface area contributed by atoms with Gasteiger partial charge in [-0.3, -0.25) is 14.6 Å². The number of halogens is 3. The number of anilines is 1. The van der Waals surface area contributed by atoms with Gasteiger partial charge in [0.05, 0.1) is 10.7 Å². The molecule has 2 heterocycles. The van der Waals surface area contributed by atoms with Gasteiger partial charge in [-0.05, 0) is 56.4 Å². The number of aryl methyl sites for hydroxylation is 2. The fourth-order valence-corrected chi connectivity index (χ4v) is 4.43. The van der Waals surface area contributed by atoms with Crippen molar-refractivity contribution in [2.24, 2.45) is 5.92 Å². The van der Waals surface area contributed by atoms with Gasteiger partial charge in [-0.1, -0.05) is 28.9 Å². The topological polar surface area (TPSA) is 97.1 Å². The second-order valence-corrected chi connectivity index (χ2v) is 9.25. The van der Waals surface area contributed by atoms with Crippen LogP contribution in [0.25, 0.3) is 11.1 Å². The van der Waals surface area contributed by atoms with E-state index in [1.54, 1.807) is 25.3 Å². The molecule has 184 valence electrons. The molecule has 0 radical (unpaired) electrons. The maximum absolute atomic E-state index is 13.7. The van der Waals surface area contributed by atoms with Crippen molar-refractivity contribution in [3.8, 4) is 11.1 Å². The van der Waals surface area contributed by atoms with Crippen LogP contribution < -0.4 is 10.6 Å². The van der Waals surface area contributed by atoms with E-state index in [9.17, 15) is 18.4 Å². The van der Waals surface area contributed by atoms with Gasteiger partial charge in [-0.25, -0.2) is 8.78 Å². The van der Waals surface area contributed by atoms with Crippen LogP contribution in [0.5, 0.6) is 0 Å². The largest absolute Gasteiger partial charge is 0.364 e. The lowest BCUT2D eigenvalue weighted by Crippen LogP contribution is -2.50. The number of benzene rings is 1. The van der Waals surface area contributed by atoms with Crippen LogP contribution in [0.2, 0.25) is 5.02 Å². The highest BCUT2D eigenvalue weighted by Crippen LogP contribution is 2.38. The van der Waals surface area contributed by atoms with Crippen molar-refractivity contribution >= 4 is 29.1 Å². The van der Waals surface area contributed by atoms with Gasteiger partial charge >= 0.3 is 0 Å². The number of alkyl halides is 2. The van der Waals surface area contributed by atoms with Gasteiger partial charge in [0, 0.05) is 36.0 Å². The molecule has 2 N–H and O–H groups in total. The molecule has 1 aliphatic carbocycles. The average molecular weight is 503 g/mol. The Balaban J connectivity index is 1.52. The van der Waals surface area contributed by atoms with Gasteiger partial charge in [-0.15, -0.1) is 0 Å². The van der Waals surface area contributed by atoms with Crippen molar-refractivity contribution < 1.29 is 22.9 Å². The predicted molar refractivity (Wildman–Crippen MR) is 127 cm³/mol. The van der Waals surface area contributed by atoms with Gasteiger partial charge in [0.15, 0.2) is 0 Å². The smallest absolute Gasteiger partial charge is 0.257 e. The number of carbonyl (C=O) groups excluding carboxylic acids is 2. The van der Waals surface area contributed by atoms with E-state index in [0.717, 1.165) is 16.8 Å². The number of amides is 2. The van der Waals surface area contributed by atoms with E-state index in [1.807, 2.05) is 25.1 Å². The van der Waals surface area contributed by atoms with Crippen LogP contribution in [0.4, 0.5) is 14.5 Å². The zero-order chi connectivity index (χ0) is 25.2. The number of hydrogen-bond acceptors (Lipinski definition) is 5. The van der Waals surface area contributed by atoms with Crippen LogP contribution in [0, 0.1) is 19.8 Å². The highest BCUT2D eigenvalue weighted by Gasteiger charge is 2.40. The summed E-state index contributed by atoms with van der Waals surface area (Å²) in [6.45, 7) is 3.48. The van der Waals surface area contributed by atoms with Gasteiger partial charge in [0.2, 0.25) is 11.8 Å². The lowest BCUT2D eigenvalue weighted by atomic mass is 9.81. The molecule has 4 rings (SSSR count). The molecule has 7 nitrogen and oxygen atoms in total. The lowest BCUT2D eigenvalue weighted by molar-refractivity contribution is -0.121. The average Bonchev–Trinajstić information content (AvgIpc) is 3.26. The van der Waals surface area contributed by atoms with Gasteiger partial charge < -0.3 is 15.2 Å². The van der Waals surface area contributed by atoms with Crippen molar-refractivity contribution in [2.45, 2.75) is 51.5 Å². The minimum absolute atomic E-state index is 0.119. The van der Waals surface area contributed by atoms with E-state index in [-0.39, 0.29) is 31.2 Å². The molecular weight excluding hydrogens is 478 g/mol. The minimum Gasteiger partial charge on any atom is -0.364 e. The van der Waals surface area contributed by atoms with Crippen molar-refractivity contribution in [2.75, 3.05) is 5.32 Å². The van der Waals surface area contributed by atoms with Crippen LogP contribution in [0.3, 0.4) is 0 Å². The summed E-state index contributed by atoms with van der Waals surface area (Å²) in [5.74, 6) is -4.20. The molecule has 1 atom stereocenters. The number of aromatic nitrogens is 2. The Kier molecular flexibility index (Phi) is 7.16. The number of carbonyl (C=O) groups is 2. The van der Waals surface area contributed by atoms with E-state index in [0.29, 0.717) is 16.4 Å². The molecule has 1 aliphatic rings. The second kappa shape index (κ2) is 10.1. The molecule has 1 fully saturated rings. The van der Waals surface area contributed by atoms with Gasteiger partial charge in [0.25, 0.3) is 5.91 Å². The summed E-state index contributed by atoms with van der Waals surface area (Å²) >= 11 is 6.07. The molecule has 1 aromatic carbocycles. The molecule has 2 amide bonds. The summed E-state index contributed by atoms with van der Waals surface area (Å²) in [6, 6.07) is 7.93. The zero-order valence-electron chi connectivity index (χ0n) is 19.3. The standard InChI is InChI=1S/C25H25ClF2N4O3/c1-14-20(11-18(26)12-29-14)16-3-5-19(6-4-16)30-24(34)22(17-7-9-25(27,28)10-8-17)31-23(33)21-13-35-32-15(21)2/h3-6,11-13,17,22H,7-10H2,1-2H3,(H,30,34)(H,31,33). The van der Waals surface area contributed by atoms with Crippen molar-refractivity contribution in [1.29, 1.82) is 0 Å². The lowest BCUT2D eigenvalue weighted by Gasteiger charge is -2.33. The van der Waals surface area contributed by atoms with Crippen LogP contribution in [-0.4, -0.2) is 33.9 Å².